The normalized spacial score (nSPS) is 16.2. The number of nitrogens with zero attached hydrogens (tertiary/aromatic N) is 2. The van der Waals surface area contributed by atoms with Gasteiger partial charge < -0.3 is 9.64 Å². The minimum atomic E-state index is -4.33. The van der Waals surface area contributed by atoms with Crippen molar-refractivity contribution in [2.75, 3.05) is 44.2 Å². The molecule has 4 nitrogen and oxygen atoms in total. The lowest BCUT2D eigenvalue weighted by atomic mass is 10.1. The van der Waals surface area contributed by atoms with E-state index in [4.69, 9.17) is 4.74 Å². The van der Waals surface area contributed by atoms with Gasteiger partial charge in [0.25, 0.3) is 0 Å². The Bertz CT molecular complexity index is 541. The fourth-order valence-electron chi connectivity index (χ4n) is 2.60. The molecule has 2 rings (SSSR count). The van der Waals surface area contributed by atoms with Gasteiger partial charge in [-0.2, -0.15) is 13.2 Å². The molecule has 0 amide bonds. The highest BCUT2D eigenvalue weighted by Gasteiger charge is 2.31. The van der Waals surface area contributed by atoms with Crippen LogP contribution in [0.2, 0.25) is 0 Å². The van der Waals surface area contributed by atoms with Crippen LogP contribution in [0.1, 0.15) is 25.3 Å². The third kappa shape index (κ3) is 5.40. The van der Waals surface area contributed by atoms with Crippen LogP contribution in [0.15, 0.2) is 24.3 Å². The minimum absolute atomic E-state index is 0.236. The number of halogens is 3. The van der Waals surface area contributed by atoms with Crippen LogP contribution in [-0.2, 0) is 15.7 Å². The molecule has 1 saturated heterocycles. The summed E-state index contributed by atoms with van der Waals surface area (Å²) in [5.41, 5.74) is -0.0723. The second kappa shape index (κ2) is 8.37. The number of rotatable bonds is 6. The lowest BCUT2D eigenvalue weighted by Crippen LogP contribution is -2.48. The van der Waals surface area contributed by atoms with Crippen molar-refractivity contribution in [2.45, 2.75) is 25.9 Å². The number of piperazine rings is 1. The number of anilines is 1. The maximum Gasteiger partial charge on any atom is 0.416 e. The summed E-state index contributed by atoms with van der Waals surface area (Å²) in [6.45, 7) is 5.13. The van der Waals surface area contributed by atoms with Gasteiger partial charge in [0, 0.05) is 31.9 Å². The van der Waals surface area contributed by atoms with Gasteiger partial charge in [-0.15, -0.1) is 0 Å². The van der Waals surface area contributed by atoms with Crippen molar-refractivity contribution in [2.24, 2.45) is 0 Å². The number of ether oxygens (including phenoxy) is 1. The highest BCUT2D eigenvalue weighted by molar-refractivity contribution is 5.71. The lowest BCUT2D eigenvalue weighted by molar-refractivity contribution is -0.145. The largest absolute Gasteiger partial charge is 0.465 e. The first-order chi connectivity index (χ1) is 11.4. The zero-order valence-electron chi connectivity index (χ0n) is 13.8. The molecule has 1 aliphatic rings. The third-order valence-corrected chi connectivity index (χ3v) is 4.02. The Morgan fingerprint density at radius 1 is 1.21 bits per heavy atom. The zero-order valence-corrected chi connectivity index (χ0v) is 13.8. The molecule has 0 aromatic heterocycles. The van der Waals surface area contributed by atoms with Crippen molar-refractivity contribution in [1.82, 2.24) is 4.90 Å². The van der Waals surface area contributed by atoms with Gasteiger partial charge in [-0.25, -0.2) is 0 Å². The van der Waals surface area contributed by atoms with Crippen LogP contribution in [0, 0.1) is 0 Å². The first kappa shape index (κ1) is 18.6. The molecule has 0 radical (unpaired) electrons. The van der Waals surface area contributed by atoms with E-state index in [1.165, 1.54) is 12.1 Å². The molecular weight excluding hydrogens is 321 g/mol. The smallest absolute Gasteiger partial charge is 0.416 e. The van der Waals surface area contributed by atoms with Crippen LogP contribution in [0.5, 0.6) is 0 Å². The van der Waals surface area contributed by atoms with Gasteiger partial charge >= 0.3 is 12.1 Å². The van der Waals surface area contributed by atoms with Crippen LogP contribution in [0.25, 0.3) is 0 Å². The second-order valence-corrected chi connectivity index (χ2v) is 5.89. The number of hydrogen-bond acceptors (Lipinski definition) is 4. The molecule has 0 unspecified atom stereocenters. The van der Waals surface area contributed by atoms with Gasteiger partial charge in [0.15, 0.2) is 0 Å². The van der Waals surface area contributed by atoms with E-state index in [1.807, 2.05) is 16.7 Å². The lowest BCUT2D eigenvalue weighted by Gasteiger charge is -2.35. The van der Waals surface area contributed by atoms with E-state index in [9.17, 15) is 18.0 Å². The summed E-state index contributed by atoms with van der Waals surface area (Å²) in [5.74, 6) is -0.240. The first-order valence-electron chi connectivity index (χ1n) is 8.20. The molecule has 0 bridgehead atoms. The summed E-state index contributed by atoms with van der Waals surface area (Å²) < 4.78 is 43.5. The summed E-state index contributed by atoms with van der Waals surface area (Å²) in [5, 5.41) is 0. The average Bonchev–Trinajstić information content (AvgIpc) is 2.55. The Balaban J connectivity index is 1.83. The topological polar surface area (TPSA) is 32.8 Å². The van der Waals surface area contributed by atoms with Crippen molar-refractivity contribution in [3.63, 3.8) is 0 Å². The maximum atomic E-state index is 12.8. The second-order valence-electron chi connectivity index (χ2n) is 5.89. The van der Waals surface area contributed by atoms with Gasteiger partial charge in [-0.1, -0.05) is 19.4 Å². The molecule has 0 saturated carbocycles. The highest BCUT2D eigenvalue weighted by Crippen LogP contribution is 2.31. The number of unbranched alkanes of at least 4 members (excludes halogenated alkanes) is 1. The molecule has 0 spiro atoms. The third-order valence-electron chi connectivity index (χ3n) is 4.02. The molecule has 24 heavy (non-hydrogen) atoms. The van der Waals surface area contributed by atoms with E-state index >= 15 is 0 Å². The quantitative estimate of drug-likeness (QED) is 0.586. The summed E-state index contributed by atoms with van der Waals surface area (Å²) in [7, 11) is 0. The number of hydrogen-bond donors (Lipinski definition) is 0. The van der Waals surface area contributed by atoms with Crippen molar-refractivity contribution in [3.05, 3.63) is 29.8 Å². The number of esters is 1. The van der Waals surface area contributed by atoms with Gasteiger partial charge in [-0.3, -0.25) is 9.69 Å². The van der Waals surface area contributed by atoms with Crippen LogP contribution in [-0.4, -0.2) is 50.2 Å². The van der Waals surface area contributed by atoms with Gasteiger partial charge in [0.05, 0.1) is 18.7 Å². The van der Waals surface area contributed by atoms with Crippen molar-refractivity contribution >= 4 is 11.7 Å². The number of carbonyl (C=O) groups is 1. The molecule has 1 aliphatic heterocycles. The first-order valence-corrected chi connectivity index (χ1v) is 8.20. The molecule has 0 aliphatic carbocycles. The zero-order chi connectivity index (χ0) is 17.6. The van der Waals surface area contributed by atoms with Crippen LogP contribution < -0.4 is 4.90 Å². The maximum absolute atomic E-state index is 12.8. The van der Waals surface area contributed by atoms with E-state index in [0.29, 0.717) is 38.5 Å². The summed E-state index contributed by atoms with van der Waals surface area (Å²) >= 11 is 0. The van der Waals surface area contributed by atoms with Crippen LogP contribution in [0.3, 0.4) is 0 Å². The summed E-state index contributed by atoms with van der Waals surface area (Å²) in [6, 6.07) is 5.36. The SMILES string of the molecule is CCCCOC(=O)CN1CCN(c2cccc(C(F)(F)F)c2)CC1. The van der Waals surface area contributed by atoms with E-state index in [2.05, 4.69) is 0 Å². The Morgan fingerprint density at radius 2 is 1.92 bits per heavy atom. The fraction of sp³-hybridized carbons (Fsp3) is 0.588. The summed E-state index contributed by atoms with van der Waals surface area (Å²) in [6.07, 6.45) is -2.50. The molecule has 0 N–H and O–H groups in total. The Morgan fingerprint density at radius 3 is 2.54 bits per heavy atom. The van der Waals surface area contributed by atoms with Gasteiger partial charge in [-0.05, 0) is 24.6 Å². The molecular formula is C17H23F3N2O2. The fourth-order valence-corrected chi connectivity index (χ4v) is 2.60. The molecule has 1 heterocycles. The predicted octanol–water partition coefficient (Wildman–Crippen LogP) is 3.17. The van der Waals surface area contributed by atoms with Crippen molar-refractivity contribution in [1.29, 1.82) is 0 Å². The van der Waals surface area contributed by atoms with Crippen LogP contribution >= 0.6 is 0 Å². The summed E-state index contributed by atoms with van der Waals surface area (Å²) in [4.78, 5) is 15.6. The van der Waals surface area contributed by atoms with E-state index in [0.717, 1.165) is 18.9 Å². The van der Waals surface area contributed by atoms with Crippen molar-refractivity contribution < 1.29 is 22.7 Å². The molecule has 134 valence electrons. The van der Waals surface area contributed by atoms with E-state index in [1.54, 1.807) is 6.07 Å². The molecule has 1 fully saturated rings. The van der Waals surface area contributed by atoms with Crippen LogP contribution in [0.4, 0.5) is 18.9 Å². The molecule has 0 atom stereocenters. The highest BCUT2D eigenvalue weighted by atomic mass is 19.4. The van der Waals surface area contributed by atoms with Gasteiger partial charge in [0.1, 0.15) is 0 Å². The number of alkyl halides is 3. The standard InChI is InChI=1S/C17H23F3N2O2/c1-2-3-11-24-16(23)13-21-7-9-22(10-8-21)15-6-4-5-14(12-15)17(18,19)20/h4-6,12H,2-3,7-11,13H2,1H3. The van der Waals surface area contributed by atoms with Crippen molar-refractivity contribution in [3.8, 4) is 0 Å². The Labute approximate surface area is 140 Å². The molecule has 7 heteroatoms. The number of benzene rings is 1. The van der Waals surface area contributed by atoms with Gasteiger partial charge in [0.2, 0.25) is 0 Å². The molecule has 1 aromatic carbocycles. The predicted molar refractivity (Wildman–Crippen MR) is 86.0 cm³/mol. The molecule has 1 aromatic rings. The average molecular weight is 344 g/mol. The number of carbonyl (C=O) groups excluding carboxylic acids is 1. The Kier molecular flexibility index (Phi) is 6.48. The Hall–Kier alpha value is -1.76. The minimum Gasteiger partial charge on any atom is -0.465 e. The van der Waals surface area contributed by atoms with E-state index in [-0.39, 0.29) is 12.5 Å². The monoisotopic (exact) mass is 344 g/mol. The van der Waals surface area contributed by atoms with E-state index < -0.39 is 11.7 Å².